The molecule has 5 nitrogen and oxygen atoms in total. The van der Waals surface area contributed by atoms with E-state index in [9.17, 15) is 9.59 Å². The summed E-state index contributed by atoms with van der Waals surface area (Å²) in [5.41, 5.74) is 4.70. The number of esters is 1. The third-order valence-electron chi connectivity index (χ3n) is 1.83. The monoisotopic (exact) mass is 172 g/mol. The first-order valence-electron chi connectivity index (χ1n) is 3.92. The Labute approximate surface area is 70.2 Å². The summed E-state index contributed by atoms with van der Waals surface area (Å²) >= 11 is 0. The first kappa shape index (κ1) is 8.99. The molecule has 1 heterocycles. The van der Waals surface area contributed by atoms with E-state index < -0.39 is 12.1 Å². The number of rotatable bonds is 1. The van der Waals surface area contributed by atoms with Crippen molar-refractivity contribution in [2.45, 2.75) is 12.8 Å². The fourth-order valence-electron chi connectivity index (χ4n) is 1.24. The van der Waals surface area contributed by atoms with Crippen LogP contribution in [0, 0.1) is 5.92 Å². The second-order valence-corrected chi connectivity index (χ2v) is 2.78. The molecule has 0 saturated carbocycles. The Morgan fingerprint density at radius 1 is 1.50 bits per heavy atom. The van der Waals surface area contributed by atoms with Gasteiger partial charge in [0.2, 0.25) is 0 Å². The van der Waals surface area contributed by atoms with Crippen molar-refractivity contribution in [1.29, 1.82) is 0 Å². The van der Waals surface area contributed by atoms with Gasteiger partial charge in [0.15, 0.2) is 0 Å². The molecule has 1 rings (SSSR count). The van der Waals surface area contributed by atoms with E-state index in [1.165, 1.54) is 0 Å². The van der Waals surface area contributed by atoms with Crippen molar-refractivity contribution in [3.8, 4) is 0 Å². The Morgan fingerprint density at radius 2 is 2.25 bits per heavy atom. The van der Waals surface area contributed by atoms with E-state index in [-0.39, 0.29) is 5.92 Å². The van der Waals surface area contributed by atoms with Crippen LogP contribution < -0.4 is 11.1 Å². The highest BCUT2D eigenvalue weighted by Crippen LogP contribution is 2.11. The van der Waals surface area contributed by atoms with Crippen molar-refractivity contribution in [3.63, 3.8) is 0 Å². The fraction of sp³-hybridized carbons (Fsp3) is 0.714. The van der Waals surface area contributed by atoms with Crippen LogP contribution >= 0.6 is 0 Å². The number of hydrogen-bond donors (Lipinski definition) is 2. The van der Waals surface area contributed by atoms with Gasteiger partial charge in [0.1, 0.15) is 0 Å². The van der Waals surface area contributed by atoms with Crippen LogP contribution in [0.3, 0.4) is 0 Å². The standard InChI is InChI=1S/C7H12N2O3/c8-7(11)12-6(10)5-2-1-3-9-4-5/h5,9H,1-4H2,(H2,8,11). The second-order valence-electron chi connectivity index (χ2n) is 2.78. The number of carbonyl (C=O) groups excluding carboxylic acids is 2. The quantitative estimate of drug-likeness (QED) is 0.417. The predicted octanol–water partition coefficient (Wildman–Crippen LogP) is -0.392. The largest absolute Gasteiger partial charge is 0.412 e. The molecule has 1 aliphatic rings. The normalized spacial score (nSPS) is 23.2. The molecule has 0 spiro atoms. The molecule has 1 unspecified atom stereocenters. The maximum Gasteiger partial charge on any atom is 0.412 e. The summed E-state index contributed by atoms with van der Waals surface area (Å²) in [4.78, 5) is 21.3. The van der Waals surface area contributed by atoms with Crippen molar-refractivity contribution in [3.05, 3.63) is 0 Å². The number of primary amides is 1. The van der Waals surface area contributed by atoms with Crippen molar-refractivity contribution >= 4 is 12.1 Å². The van der Waals surface area contributed by atoms with Crippen molar-refractivity contribution in [1.82, 2.24) is 5.32 Å². The van der Waals surface area contributed by atoms with Gasteiger partial charge in [0, 0.05) is 6.54 Å². The highest BCUT2D eigenvalue weighted by atomic mass is 16.6. The first-order valence-corrected chi connectivity index (χ1v) is 3.92. The molecule has 5 heteroatoms. The van der Waals surface area contributed by atoms with E-state index in [0.717, 1.165) is 19.4 Å². The molecule has 1 fully saturated rings. The van der Waals surface area contributed by atoms with Crippen LogP contribution in [0.4, 0.5) is 4.79 Å². The summed E-state index contributed by atoms with van der Waals surface area (Å²) in [5, 5.41) is 3.04. The van der Waals surface area contributed by atoms with Gasteiger partial charge >= 0.3 is 12.1 Å². The fourth-order valence-corrected chi connectivity index (χ4v) is 1.24. The van der Waals surface area contributed by atoms with Crippen LogP contribution in [0.2, 0.25) is 0 Å². The highest BCUT2D eigenvalue weighted by molar-refractivity contribution is 5.85. The van der Waals surface area contributed by atoms with Crippen LogP contribution in [0.15, 0.2) is 0 Å². The number of ether oxygens (including phenoxy) is 1. The van der Waals surface area contributed by atoms with Crippen molar-refractivity contribution in [2.24, 2.45) is 11.7 Å². The smallest absolute Gasteiger partial charge is 0.376 e. The Kier molecular flexibility index (Phi) is 3.04. The molecule has 1 amide bonds. The van der Waals surface area contributed by atoms with Gasteiger partial charge in [-0.25, -0.2) is 4.79 Å². The topological polar surface area (TPSA) is 81.4 Å². The third kappa shape index (κ3) is 2.50. The van der Waals surface area contributed by atoms with Crippen LogP contribution in [0.1, 0.15) is 12.8 Å². The van der Waals surface area contributed by atoms with Crippen LogP contribution in [0.5, 0.6) is 0 Å². The highest BCUT2D eigenvalue weighted by Gasteiger charge is 2.23. The van der Waals surface area contributed by atoms with Crippen LogP contribution in [-0.4, -0.2) is 25.2 Å². The molecule has 0 radical (unpaired) electrons. The molecule has 0 aromatic heterocycles. The summed E-state index contributed by atoms with van der Waals surface area (Å²) in [7, 11) is 0. The number of carbonyl (C=O) groups is 2. The van der Waals surface area contributed by atoms with Gasteiger partial charge in [-0.3, -0.25) is 4.79 Å². The predicted molar refractivity (Wildman–Crippen MR) is 41.3 cm³/mol. The molecule has 1 atom stereocenters. The molecule has 12 heavy (non-hydrogen) atoms. The summed E-state index contributed by atoms with van der Waals surface area (Å²) in [6, 6.07) is 0. The molecule has 0 aromatic carbocycles. The number of nitrogens with one attached hydrogen (secondary N) is 1. The Balaban J connectivity index is 2.34. The van der Waals surface area contributed by atoms with Gasteiger partial charge in [0.25, 0.3) is 0 Å². The average Bonchev–Trinajstić information content (AvgIpc) is 2.05. The van der Waals surface area contributed by atoms with Gasteiger partial charge in [-0.2, -0.15) is 0 Å². The summed E-state index contributed by atoms with van der Waals surface area (Å²) < 4.78 is 4.25. The number of hydrogen-bond acceptors (Lipinski definition) is 4. The van der Waals surface area contributed by atoms with E-state index in [1.54, 1.807) is 0 Å². The summed E-state index contributed by atoms with van der Waals surface area (Å²) in [6.45, 7) is 1.49. The number of piperidine rings is 1. The van der Waals surface area contributed by atoms with E-state index in [0.29, 0.717) is 6.54 Å². The first-order chi connectivity index (χ1) is 5.70. The van der Waals surface area contributed by atoms with Crippen LogP contribution in [0.25, 0.3) is 0 Å². The average molecular weight is 172 g/mol. The maximum absolute atomic E-state index is 11.0. The van der Waals surface area contributed by atoms with Gasteiger partial charge in [-0.1, -0.05) is 0 Å². The molecule has 68 valence electrons. The molecule has 1 saturated heterocycles. The zero-order valence-corrected chi connectivity index (χ0v) is 6.71. The van der Waals surface area contributed by atoms with Gasteiger partial charge in [-0.05, 0) is 19.4 Å². The lowest BCUT2D eigenvalue weighted by atomic mass is 10.0. The van der Waals surface area contributed by atoms with Crippen molar-refractivity contribution < 1.29 is 14.3 Å². The lowest BCUT2D eigenvalue weighted by Gasteiger charge is -2.19. The number of nitrogens with two attached hydrogens (primary N) is 1. The van der Waals surface area contributed by atoms with E-state index >= 15 is 0 Å². The zero-order valence-electron chi connectivity index (χ0n) is 6.71. The molecule has 0 bridgehead atoms. The van der Waals surface area contributed by atoms with Crippen molar-refractivity contribution in [2.75, 3.05) is 13.1 Å². The van der Waals surface area contributed by atoms with Gasteiger partial charge in [0.05, 0.1) is 5.92 Å². The van der Waals surface area contributed by atoms with E-state index in [4.69, 9.17) is 5.73 Å². The van der Waals surface area contributed by atoms with Gasteiger partial charge < -0.3 is 15.8 Å². The summed E-state index contributed by atoms with van der Waals surface area (Å²) in [5.74, 6) is -0.735. The second kappa shape index (κ2) is 4.06. The van der Waals surface area contributed by atoms with Crippen LogP contribution in [-0.2, 0) is 9.53 Å². The lowest BCUT2D eigenvalue weighted by molar-refractivity contribution is -0.142. The minimum absolute atomic E-state index is 0.216. The Morgan fingerprint density at radius 3 is 2.75 bits per heavy atom. The third-order valence-corrected chi connectivity index (χ3v) is 1.83. The van der Waals surface area contributed by atoms with Gasteiger partial charge in [-0.15, -0.1) is 0 Å². The minimum atomic E-state index is -1.02. The Hall–Kier alpha value is -1.10. The zero-order chi connectivity index (χ0) is 8.97. The van der Waals surface area contributed by atoms with E-state index in [2.05, 4.69) is 10.1 Å². The minimum Gasteiger partial charge on any atom is -0.376 e. The summed E-state index contributed by atoms with van der Waals surface area (Å²) in [6.07, 6.45) is 0.669. The SMILES string of the molecule is NC(=O)OC(=O)C1CCCNC1. The number of amides is 1. The molecule has 1 aliphatic heterocycles. The molecule has 0 aromatic rings. The molecule has 3 N–H and O–H groups in total. The van der Waals surface area contributed by atoms with E-state index in [1.807, 2.05) is 0 Å². The lowest BCUT2D eigenvalue weighted by Crippen LogP contribution is -2.36. The Bertz CT molecular complexity index is 187. The molecular weight excluding hydrogens is 160 g/mol. The maximum atomic E-state index is 11.0. The molecule has 0 aliphatic carbocycles. The molecular formula is C7H12N2O3.